The van der Waals surface area contributed by atoms with Crippen LogP contribution in [0.15, 0.2) is 30.6 Å². The molecular weight excluding hydrogens is 510 g/mol. The highest BCUT2D eigenvalue weighted by Crippen LogP contribution is 2.30. The minimum Gasteiger partial charge on any atom is -0.492 e. The van der Waals surface area contributed by atoms with E-state index in [0.29, 0.717) is 39.3 Å². The van der Waals surface area contributed by atoms with Crippen LogP contribution in [0, 0.1) is 0 Å². The van der Waals surface area contributed by atoms with Crippen LogP contribution in [0.2, 0.25) is 0 Å². The average molecular weight is 558 g/mol. The fraction of sp³-hybridized carbons (Fsp3) is 0.710. The van der Waals surface area contributed by atoms with Crippen LogP contribution in [0.4, 0.5) is 0 Å². The molecule has 0 radical (unpaired) electrons. The molecule has 4 heterocycles. The van der Waals surface area contributed by atoms with Gasteiger partial charge in [-0.15, -0.1) is 0 Å². The molecule has 0 saturated carbocycles. The molecule has 9 nitrogen and oxygen atoms in total. The summed E-state index contributed by atoms with van der Waals surface area (Å²) in [4.78, 5) is 17.4. The van der Waals surface area contributed by atoms with Crippen molar-refractivity contribution in [3.63, 3.8) is 0 Å². The van der Waals surface area contributed by atoms with Gasteiger partial charge >= 0.3 is 5.97 Å². The summed E-state index contributed by atoms with van der Waals surface area (Å²) in [5.41, 5.74) is 0.457. The third-order valence-electron chi connectivity index (χ3n) is 7.35. The fourth-order valence-electron chi connectivity index (χ4n) is 5.13. The molecular formula is C31H47N3O6. The van der Waals surface area contributed by atoms with Gasteiger partial charge in [0.2, 0.25) is 0 Å². The molecule has 0 N–H and O–H groups in total. The van der Waals surface area contributed by atoms with Crippen molar-refractivity contribution in [1.82, 2.24) is 14.8 Å². The van der Waals surface area contributed by atoms with Crippen LogP contribution >= 0.6 is 0 Å². The van der Waals surface area contributed by atoms with Crippen LogP contribution < -0.4 is 4.74 Å². The highest BCUT2D eigenvalue weighted by atomic mass is 16.6. The first-order valence-corrected chi connectivity index (χ1v) is 15.1. The van der Waals surface area contributed by atoms with Gasteiger partial charge in [-0.25, -0.2) is 9.48 Å². The Hall–Kier alpha value is -2.49. The van der Waals surface area contributed by atoms with E-state index in [1.807, 2.05) is 43.7 Å². The predicted molar refractivity (Wildman–Crippen MR) is 152 cm³/mol. The Labute approximate surface area is 238 Å². The molecule has 0 aromatic carbocycles. The van der Waals surface area contributed by atoms with E-state index in [9.17, 15) is 4.79 Å². The molecule has 2 aromatic heterocycles. The van der Waals surface area contributed by atoms with Crippen molar-refractivity contribution >= 4 is 5.97 Å². The first-order valence-electron chi connectivity index (χ1n) is 15.1. The quantitative estimate of drug-likeness (QED) is 0.198. The molecule has 1 unspecified atom stereocenters. The summed E-state index contributed by atoms with van der Waals surface area (Å²) in [5.74, 6) is 0.529. The first-order chi connectivity index (χ1) is 19.4. The van der Waals surface area contributed by atoms with E-state index >= 15 is 0 Å². The van der Waals surface area contributed by atoms with Crippen molar-refractivity contribution in [3.8, 4) is 17.1 Å². The van der Waals surface area contributed by atoms with Crippen LogP contribution in [0.5, 0.6) is 5.75 Å². The maximum absolute atomic E-state index is 12.8. The van der Waals surface area contributed by atoms with Gasteiger partial charge in [-0.2, -0.15) is 5.10 Å². The van der Waals surface area contributed by atoms with Gasteiger partial charge in [-0.1, -0.05) is 25.7 Å². The second kappa shape index (κ2) is 14.9. The van der Waals surface area contributed by atoms with Gasteiger partial charge in [0.15, 0.2) is 11.8 Å². The monoisotopic (exact) mass is 557 g/mol. The number of hydrogen-bond donors (Lipinski definition) is 0. The number of ether oxygens (including phenoxy) is 5. The lowest BCUT2D eigenvalue weighted by Gasteiger charge is -2.37. The van der Waals surface area contributed by atoms with Crippen molar-refractivity contribution in [3.05, 3.63) is 30.6 Å². The number of nitrogens with zero attached hydrogens (tertiary/aromatic N) is 3. The number of aromatic nitrogens is 3. The third kappa shape index (κ3) is 9.01. The normalized spacial score (nSPS) is 19.3. The van der Waals surface area contributed by atoms with Crippen LogP contribution in [0.1, 0.15) is 97.6 Å². The molecule has 0 bridgehead atoms. The zero-order valence-electron chi connectivity index (χ0n) is 24.6. The van der Waals surface area contributed by atoms with Gasteiger partial charge in [-0.05, 0) is 71.1 Å². The molecule has 2 saturated heterocycles. The molecule has 9 heteroatoms. The maximum atomic E-state index is 12.8. The Morgan fingerprint density at radius 2 is 1.75 bits per heavy atom. The van der Waals surface area contributed by atoms with Gasteiger partial charge in [0.05, 0.1) is 24.2 Å². The number of hydrogen-bond acceptors (Lipinski definition) is 8. The lowest BCUT2D eigenvalue weighted by Crippen LogP contribution is -2.49. The molecule has 40 heavy (non-hydrogen) atoms. The molecule has 1 atom stereocenters. The third-order valence-corrected chi connectivity index (χ3v) is 7.35. The summed E-state index contributed by atoms with van der Waals surface area (Å²) in [7, 11) is 0. The van der Waals surface area contributed by atoms with Crippen LogP contribution in [-0.4, -0.2) is 65.0 Å². The molecule has 0 aliphatic carbocycles. The summed E-state index contributed by atoms with van der Waals surface area (Å²) in [6, 6.07) is 5.95. The summed E-state index contributed by atoms with van der Waals surface area (Å²) in [5, 5.41) is 4.47. The van der Waals surface area contributed by atoms with Crippen LogP contribution in [0.3, 0.4) is 0 Å². The van der Waals surface area contributed by atoms with Crippen molar-refractivity contribution in [1.29, 1.82) is 0 Å². The van der Waals surface area contributed by atoms with E-state index < -0.39 is 11.2 Å². The summed E-state index contributed by atoms with van der Waals surface area (Å²) in [6.07, 6.45) is 14.4. The molecule has 0 spiro atoms. The summed E-state index contributed by atoms with van der Waals surface area (Å²) < 4.78 is 31.0. The van der Waals surface area contributed by atoms with E-state index in [2.05, 4.69) is 10.1 Å². The lowest BCUT2D eigenvalue weighted by molar-refractivity contribution is -0.195. The number of rotatable bonds is 14. The second-order valence-corrected chi connectivity index (χ2v) is 11.8. The SMILES string of the molecule is CC(C)(C)OC(=O)C1(OCCCCCCCCOc2ccc(-c3ccnn3C3CCCCO3)nc2)CCOCC1. The maximum Gasteiger partial charge on any atom is 0.339 e. The molecule has 2 fully saturated rings. The summed E-state index contributed by atoms with van der Waals surface area (Å²) >= 11 is 0. The Morgan fingerprint density at radius 1 is 1.00 bits per heavy atom. The lowest BCUT2D eigenvalue weighted by atomic mass is 9.93. The molecule has 0 amide bonds. The van der Waals surface area contributed by atoms with E-state index in [1.165, 1.54) is 0 Å². The molecule has 2 aliphatic heterocycles. The van der Waals surface area contributed by atoms with Crippen LogP contribution in [0.25, 0.3) is 11.4 Å². The van der Waals surface area contributed by atoms with E-state index in [4.69, 9.17) is 23.7 Å². The number of unbranched alkanes of at least 4 members (excludes halogenated alkanes) is 5. The van der Waals surface area contributed by atoms with Crippen LogP contribution in [-0.2, 0) is 23.7 Å². The topological polar surface area (TPSA) is 93.9 Å². The zero-order valence-corrected chi connectivity index (χ0v) is 24.6. The second-order valence-electron chi connectivity index (χ2n) is 11.8. The standard InChI is InChI=1S/C31H47N3O6/c1-30(2,3)40-29(35)31(16-22-36-23-17-31)39-21-10-7-5-4-6-9-19-37-25-13-14-26(32-24-25)27-15-18-33-34(27)28-12-8-11-20-38-28/h13-15,18,24,28H,4-12,16-17,19-23H2,1-3H3. The Balaban J connectivity index is 1.08. The average Bonchev–Trinajstić information content (AvgIpc) is 3.45. The van der Waals surface area contributed by atoms with Gasteiger partial charge in [0.25, 0.3) is 0 Å². The van der Waals surface area contributed by atoms with E-state index in [-0.39, 0.29) is 12.2 Å². The molecule has 222 valence electrons. The molecule has 2 aromatic rings. The van der Waals surface area contributed by atoms with Crippen molar-refractivity contribution in [2.75, 3.05) is 33.0 Å². The van der Waals surface area contributed by atoms with Crippen molar-refractivity contribution in [2.45, 2.75) is 109 Å². The first kappa shape index (κ1) is 30.5. The minimum atomic E-state index is -0.860. The smallest absolute Gasteiger partial charge is 0.339 e. The van der Waals surface area contributed by atoms with Crippen molar-refractivity contribution < 1.29 is 28.5 Å². The van der Waals surface area contributed by atoms with Gasteiger partial charge in [0, 0.05) is 45.5 Å². The number of esters is 1. The zero-order chi connectivity index (χ0) is 28.3. The van der Waals surface area contributed by atoms with Gasteiger partial charge < -0.3 is 23.7 Å². The van der Waals surface area contributed by atoms with E-state index in [1.54, 1.807) is 12.4 Å². The molecule has 2 aliphatic rings. The highest BCUT2D eigenvalue weighted by Gasteiger charge is 2.44. The fourth-order valence-corrected chi connectivity index (χ4v) is 5.13. The highest BCUT2D eigenvalue weighted by molar-refractivity contribution is 5.80. The minimum absolute atomic E-state index is 0.00938. The number of carbonyl (C=O) groups is 1. The van der Waals surface area contributed by atoms with E-state index in [0.717, 1.165) is 81.5 Å². The Kier molecular flexibility index (Phi) is 11.4. The Morgan fingerprint density at radius 3 is 2.42 bits per heavy atom. The predicted octanol–water partition coefficient (Wildman–Crippen LogP) is 6.27. The number of pyridine rings is 1. The molecule has 4 rings (SSSR count). The van der Waals surface area contributed by atoms with Gasteiger partial charge in [-0.3, -0.25) is 4.98 Å². The summed E-state index contributed by atoms with van der Waals surface area (Å²) in [6.45, 7) is 8.76. The van der Waals surface area contributed by atoms with Gasteiger partial charge in [0.1, 0.15) is 11.4 Å². The largest absolute Gasteiger partial charge is 0.492 e. The Bertz CT molecular complexity index is 1020. The number of carbonyl (C=O) groups excluding carboxylic acids is 1. The van der Waals surface area contributed by atoms with Crippen molar-refractivity contribution in [2.24, 2.45) is 0 Å².